The maximum atomic E-state index is 3.23. The Bertz CT molecular complexity index is 359. The third-order valence-corrected chi connectivity index (χ3v) is 2.00. The molecule has 0 fully saturated rings. The van der Waals surface area contributed by atoms with E-state index in [1.165, 1.54) is 32.8 Å². The van der Waals surface area contributed by atoms with Crippen LogP contribution in [-0.2, 0) is 23.4 Å². The molecule has 0 radical (unpaired) electrons. The van der Waals surface area contributed by atoms with Crippen molar-refractivity contribution in [1.82, 2.24) is 4.57 Å². The monoisotopic (exact) mass is 287 g/mol. The first-order valence-corrected chi connectivity index (χ1v) is 10.9. The molecule has 0 bridgehead atoms. The summed E-state index contributed by atoms with van der Waals surface area (Å²) in [5.74, 6) is 0. The van der Waals surface area contributed by atoms with Gasteiger partial charge in [0.25, 0.3) is 0 Å². The van der Waals surface area contributed by atoms with E-state index in [2.05, 4.69) is 51.0 Å². The van der Waals surface area contributed by atoms with Gasteiger partial charge in [0.1, 0.15) is 0 Å². The second kappa shape index (κ2) is 4.92. The van der Waals surface area contributed by atoms with Crippen molar-refractivity contribution in [2.24, 2.45) is 7.05 Å². The molecule has 13 heavy (non-hydrogen) atoms. The van der Waals surface area contributed by atoms with E-state index in [4.69, 9.17) is 0 Å². The number of fused-ring (bicyclic) bond motifs is 1. The van der Waals surface area contributed by atoms with Gasteiger partial charge in [0.05, 0.1) is 0 Å². The average Bonchev–Trinajstić information content (AvgIpc) is 2.47. The summed E-state index contributed by atoms with van der Waals surface area (Å²) in [6.45, 7) is 2.09. The van der Waals surface area contributed by atoms with Gasteiger partial charge in [0.15, 0.2) is 0 Å². The Morgan fingerprint density at radius 3 is 2.54 bits per heavy atom. The summed E-state index contributed by atoms with van der Waals surface area (Å²) in [5.41, 5.74) is 2.48. The fourth-order valence-electron chi connectivity index (χ4n) is 1.46. The molecule has 0 atom stereocenters. The van der Waals surface area contributed by atoms with Gasteiger partial charge in [-0.1, -0.05) is 19.1 Å². The van der Waals surface area contributed by atoms with Crippen molar-refractivity contribution in [3.8, 4) is 0 Å². The molecule has 1 nitrogen and oxygen atoms in total. The van der Waals surface area contributed by atoms with E-state index in [9.17, 15) is 0 Å². The molecule has 0 aliphatic carbocycles. The number of aryl methyl sites for hydroxylation is 2. The fourth-order valence-corrected chi connectivity index (χ4v) is 1.46. The quantitative estimate of drug-likeness (QED) is 0.519. The number of aromatic nitrogens is 1. The van der Waals surface area contributed by atoms with E-state index < -0.39 is 0 Å². The van der Waals surface area contributed by atoms with Crippen LogP contribution < -0.4 is 0 Å². The molecule has 0 spiro atoms. The molecule has 1 aromatic heterocycles. The van der Waals surface area contributed by atoms with Gasteiger partial charge < -0.3 is 4.57 Å². The Morgan fingerprint density at radius 1 is 1.31 bits per heavy atom. The zero-order chi connectivity index (χ0) is 9.84. The second-order valence-corrected chi connectivity index (χ2v) is 2.81. The Balaban J connectivity index is 0.000000396. The van der Waals surface area contributed by atoms with Crippen LogP contribution in [0.5, 0.6) is 0 Å². The van der Waals surface area contributed by atoms with Crippen molar-refractivity contribution in [3.05, 3.63) is 36.0 Å². The Labute approximate surface area is 95.2 Å². The maximum absolute atomic E-state index is 3.23. The molecular weight excluding hydrogens is 279 g/mol. The summed E-state index contributed by atoms with van der Waals surface area (Å²) in [7, 11) is 2.02. The summed E-state index contributed by atoms with van der Waals surface area (Å²) in [6.07, 6.45) is 3.23. The van der Waals surface area contributed by atoms with Crippen LogP contribution in [0.2, 0.25) is 0 Å². The molecule has 3 heteroatoms. The van der Waals surface area contributed by atoms with Crippen molar-refractivity contribution in [3.63, 3.8) is 0 Å². The summed E-state index contributed by atoms with van der Waals surface area (Å²) < 4.78 is 2.03. The van der Waals surface area contributed by atoms with Crippen molar-refractivity contribution in [2.75, 3.05) is 0 Å². The zero-order valence-electron chi connectivity index (χ0n) is 7.84. The van der Waals surface area contributed by atoms with Gasteiger partial charge in [0, 0.05) is 0 Å². The number of nitrogens with zero attached hydrogens (tertiary/aromatic N) is 1. The average molecular weight is 289 g/mol. The first-order chi connectivity index (χ1) is 6.29. The molecule has 0 aliphatic rings. The molecule has 0 saturated heterocycles. The van der Waals surface area contributed by atoms with Crippen LogP contribution >= 0.6 is 13.6 Å². The zero-order valence-corrected chi connectivity index (χ0v) is 12.4. The van der Waals surface area contributed by atoms with Crippen molar-refractivity contribution in [1.29, 1.82) is 0 Å². The molecule has 0 aliphatic heterocycles. The number of rotatable bonds is 0. The first-order valence-electron chi connectivity index (χ1n) is 3.99. The number of para-hydroxylation sites is 1. The standard InChI is InChI=1S/C10H10N.BrH.Zn/c1-8-7-11(2)10-6-4-3-5-9(8)10;;/h3-6H,1-2H3;1H;/q-1;;+2/p-1. The number of hydrogen-bond acceptors (Lipinski definition) is 0. The van der Waals surface area contributed by atoms with Crippen LogP contribution in [0.25, 0.3) is 10.9 Å². The molecule has 64 valence electrons. The molecule has 0 amide bonds. The first kappa shape index (κ1) is 10.9. The van der Waals surface area contributed by atoms with Crippen LogP contribution in [0.4, 0.5) is 0 Å². The van der Waals surface area contributed by atoms with Crippen LogP contribution in [0.15, 0.2) is 24.3 Å². The van der Waals surface area contributed by atoms with Crippen molar-refractivity contribution in [2.45, 2.75) is 6.92 Å². The van der Waals surface area contributed by atoms with E-state index >= 15 is 0 Å². The summed E-state index contributed by atoms with van der Waals surface area (Å²) in [5, 5.41) is 1.30. The third-order valence-electron chi connectivity index (χ3n) is 2.00. The number of hydrogen-bond donors (Lipinski definition) is 0. The van der Waals surface area contributed by atoms with Gasteiger partial charge in [-0.05, 0) is 7.05 Å². The Hall–Kier alpha value is -0.137. The topological polar surface area (TPSA) is 4.93 Å². The molecular formula is C10H10BrNZn. The minimum atomic E-state index is 1.19. The number of halogens is 1. The summed E-state index contributed by atoms with van der Waals surface area (Å²) in [6, 6.07) is 8.35. The van der Waals surface area contributed by atoms with Crippen LogP contribution in [0.1, 0.15) is 5.56 Å². The van der Waals surface area contributed by atoms with Crippen LogP contribution in [-0.4, -0.2) is 4.57 Å². The SMILES string of the molecule is Cc1[c-]n(C)c2ccccc12.[Zn+][Br]. The minimum absolute atomic E-state index is 1.19. The van der Waals surface area contributed by atoms with E-state index in [0.717, 1.165) is 0 Å². The molecule has 2 aromatic rings. The van der Waals surface area contributed by atoms with E-state index in [1.807, 2.05) is 11.6 Å². The van der Waals surface area contributed by atoms with Crippen LogP contribution in [0.3, 0.4) is 0 Å². The van der Waals surface area contributed by atoms with Crippen molar-refractivity contribution >= 4 is 24.5 Å². The molecule has 2 rings (SSSR count). The molecule has 1 heterocycles. The normalized spacial score (nSPS) is 9.62. The van der Waals surface area contributed by atoms with Crippen molar-refractivity contribution < 1.29 is 16.3 Å². The van der Waals surface area contributed by atoms with Gasteiger partial charge in [-0.3, -0.25) is 0 Å². The van der Waals surface area contributed by atoms with E-state index in [-0.39, 0.29) is 0 Å². The molecule has 0 unspecified atom stereocenters. The van der Waals surface area contributed by atoms with Gasteiger partial charge in [-0.15, -0.1) is 23.8 Å². The molecule has 0 N–H and O–H groups in total. The second-order valence-electron chi connectivity index (χ2n) is 2.81. The fraction of sp³-hybridized carbons (Fsp3) is 0.200. The van der Waals surface area contributed by atoms with Crippen LogP contribution in [0, 0.1) is 13.1 Å². The predicted octanol–water partition coefficient (Wildman–Crippen LogP) is 3.13. The Kier molecular flexibility index (Phi) is 4.14. The predicted molar refractivity (Wildman–Crippen MR) is 55.4 cm³/mol. The van der Waals surface area contributed by atoms with Gasteiger partial charge in [-0.2, -0.15) is 10.9 Å². The van der Waals surface area contributed by atoms with E-state index in [1.54, 1.807) is 0 Å². The van der Waals surface area contributed by atoms with Gasteiger partial charge in [0.2, 0.25) is 0 Å². The molecule has 0 saturated carbocycles. The van der Waals surface area contributed by atoms with Gasteiger partial charge in [-0.25, -0.2) is 0 Å². The summed E-state index contributed by atoms with van der Waals surface area (Å²) >= 11 is 4.25. The summed E-state index contributed by atoms with van der Waals surface area (Å²) in [4.78, 5) is 0. The Morgan fingerprint density at radius 2 is 1.92 bits per heavy atom. The third kappa shape index (κ3) is 2.21. The number of benzene rings is 1. The molecule has 1 aromatic carbocycles. The van der Waals surface area contributed by atoms with E-state index in [0.29, 0.717) is 0 Å². The van der Waals surface area contributed by atoms with Gasteiger partial charge >= 0.3 is 30.0 Å².